The predicted octanol–water partition coefficient (Wildman–Crippen LogP) is 6.55. The van der Waals surface area contributed by atoms with Gasteiger partial charge in [0.2, 0.25) is 0 Å². The van der Waals surface area contributed by atoms with Crippen molar-refractivity contribution in [3.63, 3.8) is 0 Å². The van der Waals surface area contributed by atoms with Crippen LogP contribution in [0.25, 0.3) is 33.3 Å². The van der Waals surface area contributed by atoms with Gasteiger partial charge in [-0.1, -0.05) is 26.5 Å². The molecule has 3 unspecified atom stereocenters. The van der Waals surface area contributed by atoms with E-state index in [0.29, 0.717) is 40.2 Å². The number of aromatic nitrogens is 4. The van der Waals surface area contributed by atoms with E-state index >= 15 is 0 Å². The molecule has 3 N–H and O–H groups in total. The molecule has 8 bridgehead atoms. The molecule has 44 heavy (non-hydrogen) atoms. The molecule has 0 spiro atoms. The van der Waals surface area contributed by atoms with Gasteiger partial charge in [0, 0.05) is 57.4 Å². The number of rotatable bonds is 6. The summed E-state index contributed by atoms with van der Waals surface area (Å²) in [6.45, 7) is 14.1. The SMILES string of the molecule is C=CC1=C(C)c2cc3[nH]c(c4c5nc(cc6[nH]c(cc1n2)c(C)c6CC)C(C)=C5C(=O)C4C(=O)OC)C(CCC(=O)O)C3C. The van der Waals surface area contributed by atoms with Crippen molar-refractivity contribution in [2.75, 3.05) is 7.11 Å². The monoisotopic (exact) mass is 592 g/mol. The largest absolute Gasteiger partial charge is 0.481 e. The molecule has 2 aromatic heterocycles. The fraction of sp³-hybridized carbons (Fsp3) is 0.343. The van der Waals surface area contributed by atoms with Crippen LogP contribution in [0.1, 0.15) is 109 Å². The second-order valence-corrected chi connectivity index (χ2v) is 11.9. The predicted molar refractivity (Wildman–Crippen MR) is 169 cm³/mol. The molecule has 3 aliphatic heterocycles. The normalized spacial score (nSPS) is 19.9. The number of allylic oxidation sites excluding steroid dienone is 5. The molecule has 0 fully saturated rings. The van der Waals surface area contributed by atoms with Crippen LogP contribution >= 0.6 is 0 Å². The number of ether oxygens (including phenoxy) is 1. The molecule has 9 nitrogen and oxygen atoms in total. The molecule has 4 aliphatic rings. The van der Waals surface area contributed by atoms with E-state index in [1.54, 1.807) is 0 Å². The maximum atomic E-state index is 14.0. The zero-order valence-electron chi connectivity index (χ0n) is 25.8. The highest BCUT2D eigenvalue weighted by Gasteiger charge is 2.48. The van der Waals surface area contributed by atoms with E-state index in [-0.39, 0.29) is 24.0 Å². The topological polar surface area (TPSA) is 138 Å². The lowest BCUT2D eigenvalue weighted by atomic mass is 9.84. The number of carbonyl (C=O) groups is 3. The van der Waals surface area contributed by atoms with Gasteiger partial charge in [-0.15, -0.1) is 0 Å². The van der Waals surface area contributed by atoms with Crippen molar-refractivity contribution >= 4 is 51.0 Å². The number of nitrogens with one attached hydrogen (secondary N) is 2. The minimum Gasteiger partial charge on any atom is -0.481 e. The molecule has 3 atom stereocenters. The Bertz CT molecular complexity index is 1940. The summed E-state index contributed by atoms with van der Waals surface area (Å²) in [5, 5.41) is 9.60. The molecule has 2 aromatic rings. The van der Waals surface area contributed by atoms with Crippen LogP contribution in [0.4, 0.5) is 0 Å². The number of methoxy groups -OCH3 is 1. The maximum Gasteiger partial charge on any atom is 0.321 e. The van der Waals surface area contributed by atoms with Crippen LogP contribution in [-0.2, 0) is 25.5 Å². The fourth-order valence-electron chi connectivity index (χ4n) is 7.11. The molecule has 9 heteroatoms. The van der Waals surface area contributed by atoms with Gasteiger partial charge in [0.25, 0.3) is 0 Å². The number of carboxylic acid groups (broad SMARTS) is 1. The Morgan fingerprint density at radius 2 is 1.75 bits per heavy atom. The van der Waals surface area contributed by atoms with E-state index in [1.807, 2.05) is 45.0 Å². The molecule has 0 saturated heterocycles. The van der Waals surface area contributed by atoms with Crippen LogP contribution in [0.2, 0.25) is 0 Å². The van der Waals surface area contributed by atoms with Crippen molar-refractivity contribution in [1.29, 1.82) is 0 Å². The van der Waals surface area contributed by atoms with E-state index in [1.165, 1.54) is 7.11 Å². The molecular formula is C35H36N4O5. The summed E-state index contributed by atoms with van der Waals surface area (Å²) in [6.07, 6.45) is 2.84. The lowest BCUT2D eigenvalue weighted by Crippen LogP contribution is -2.21. The molecule has 0 saturated carbocycles. The number of nitrogens with zero attached hydrogens (tertiary/aromatic N) is 2. The van der Waals surface area contributed by atoms with Gasteiger partial charge in [0.1, 0.15) is 5.92 Å². The summed E-state index contributed by atoms with van der Waals surface area (Å²) in [5.74, 6) is -3.59. The van der Waals surface area contributed by atoms with Crippen LogP contribution < -0.4 is 0 Å². The third-order valence-electron chi connectivity index (χ3n) is 9.59. The number of hydrogen-bond acceptors (Lipinski definition) is 6. The number of aryl methyl sites for hydroxylation is 2. The van der Waals surface area contributed by atoms with E-state index in [2.05, 4.69) is 30.4 Å². The number of carbonyl (C=O) groups excluding carboxylic acids is 2. The summed E-state index contributed by atoms with van der Waals surface area (Å²) < 4.78 is 5.13. The number of esters is 1. The van der Waals surface area contributed by atoms with Gasteiger partial charge in [-0.3, -0.25) is 14.4 Å². The first kappa shape index (κ1) is 29.3. The van der Waals surface area contributed by atoms with Crippen LogP contribution in [0, 0.1) is 6.92 Å². The lowest BCUT2D eigenvalue weighted by molar-refractivity contribution is -0.144. The van der Waals surface area contributed by atoms with Gasteiger partial charge in [0.05, 0.1) is 29.9 Å². The van der Waals surface area contributed by atoms with E-state index in [9.17, 15) is 19.5 Å². The minimum atomic E-state index is -1.19. The van der Waals surface area contributed by atoms with Crippen molar-refractivity contribution in [3.8, 4) is 0 Å². The van der Waals surface area contributed by atoms with Crippen molar-refractivity contribution in [3.05, 3.63) is 81.7 Å². The number of hydrogen-bond donors (Lipinski definition) is 3. The van der Waals surface area contributed by atoms with Crippen LogP contribution in [-0.4, -0.2) is 49.9 Å². The third-order valence-corrected chi connectivity index (χ3v) is 9.59. The Labute approximate surface area is 255 Å². The second kappa shape index (κ2) is 10.7. The number of fused-ring (bicyclic) bond motifs is 8. The van der Waals surface area contributed by atoms with Crippen molar-refractivity contribution < 1.29 is 24.2 Å². The number of aliphatic carboxylic acids is 1. The van der Waals surface area contributed by atoms with Gasteiger partial charge in [0.15, 0.2) is 5.78 Å². The Hall–Kier alpha value is -4.79. The van der Waals surface area contributed by atoms with Crippen LogP contribution in [0.5, 0.6) is 0 Å². The molecule has 226 valence electrons. The number of aromatic amines is 2. The van der Waals surface area contributed by atoms with Crippen molar-refractivity contribution in [2.24, 2.45) is 0 Å². The number of Topliss-reactive ketones (excluding diaryl/α,β-unsaturated/α-hetero) is 1. The molecule has 0 aromatic carbocycles. The summed E-state index contributed by atoms with van der Waals surface area (Å²) in [5.41, 5.74) is 11.6. The second-order valence-electron chi connectivity index (χ2n) is 11.9. The highest BCUT2D eigenvalue weighted by molar-refractivity contribution is 6.38. The third kappa shape index (κ3) is 4.32. The molecule has 5 heterocycles. The van der Waals surface area contributed by atoms with Crippen LogP contribution in [0.15, 0.2) is 30.9 Å². The molecule has 0 amide bonds. The van der Waals surface area contributed by atoms with E-state index in [4.69, 9.17) is 14.7 Å². The van der Waals surface area contributed by atoms with Gasteiger partial charge in [-0.2, -0.15) is 0 Å². The number of carboxylic acids is 1. The van der Waals surface area contributed by atoms with Gasteiger partial charge in [-0.05, 0) is 74.1 Å². The standard InChI is InChI=1S/C35H36N4O5/c1-8-19-15(3)22-12-24-17(5)21(10-11-28(40)41)32(38-24)30-31(35(43)44-7)34(42)29-18(6)25(39-33(29)30)14-27-20(9-2)16(4)23(37-27)13-26(19)36-22/h8,12-14,17,21,31,37-38H,1,9-11H2,2-7H3,(H,40,41). The van der Waals surface area contributed by atoms with Gasteiger partial charge >= 0.3 is 11.9 Å². The van der Waals surface area contributed by atoms with Crippen molar-refractivity contribution in [1.82, 2.24) is 19.9 Å². The molecule has 6 rings (SSSR count). The first-order valence-corrected chi connectivity index (χ1v) is 14.9. The molecule has 0 radical (unpaired) electrons. The Morgan fingerprint density at radius 1 is 1.05 bits per heavy atom. The highest BCUT2D eigenvalue weighted by Crippen LogP contribution is 2.50. The summed E-state index contributed by atoms with van der Waals surface area (Å²) >= 11 is 0. The van der Waals surface area contributed by atoms with Crippen LogP contribution in [0.3, 0.4) is 0 Å². The Balaban J connectivity index is 1.80. The van der Waals surface area contributed by atoms with Gasteiger partial charge < -0.3 is 19.8 Å². The van der Waals surface area contributed by atoms with E-state index < -0.39 is 17.9 Å². The Kier molecular flexibility index (Phi) is 7.14. The quantitative estimate of drug-likeness (QED) is 0.256. The molecular weight excluding hydrogens is 556 g/mol. The average molecular weight is 593 g/mol. The first-order valence-electron chi connectivity index (χ1n) is 14.9. The fourth-order valence-corrected chi connectivity index (χ4v) is 7.11. The summed E-state index contributed by atoms with van der Waals surface area (Å²) in [4.78, 5) is 56.0. The van der Waals surface area contributed by atoms with E-state index in [0.717, 1.165) is 56.8 Å². The summed E-state index contributed by atoms with van der Waals surface area (Å²) in [7, 11) is 1.27. The zero-order chi connectivity index (χ0) is 31.6. The number of H-pyrrole nitrogens is 2. The summed E-state index contributed by atoms with van der Waals surface area (Å²) in [6, 6.07) is 5.99. The minimum absolute atomic E-state index is 0.0710. The van der Waals surface area contributed by atoms with Crippen molar-refractivity contribution in [2.45, 2.75) is 71.6 Å². The van der Waals surface area contributed by atoms with Gasteiger partial charge in [-0.25, -0.2) is 9.97 Å². The Morgan fingerprint density at radius 3 is 2.41 bits per heavy atom. The first-order chi connectivity index (χ1) is 21.0. The zero-order valence-corrected chi connectivity index (χ0v) is 25.8. The average Bonchev–Trinajstić information content (AvgIpc) is 3.72. The highest BCUT2D eigenvalue weighted by atomic mass is 16.5. The lowest BCUT2D eigenvalue weighted by Gasteiger charge is -2.18. The number of ketones is 1. The smallest absolute Gasteiger partial charge is 0.321 e. The molecule has 1 aliphatic carbocycles. The maximum absolute atomic E-state index is 14.0.